The number of ether oxygens (including phenoxy) is 1. The second-order valence-electron chi connectivity index (χ2n) is 5.43. The Kier molecular flexibility index (Phi) is 5.01. The molecule has 4 heteroatoms. The second-order valence-corrected chi connectivity index (χ2v) is 6.28. The Balaban J connectivity index is 2.36. The summed E-state index contributed by atoms with van der Waals surface area (Å²) in [5.41, 5.74) is 8.45. The highest BCUT2D eigenvalue weighted by Gasteiger charge is 2.34. The lowest BCUT2D eigenvalue weighted by atomic mass is 9.95. The first-order valence-corrected chi connectivity index (χ1v) is 7.67. The Morgan fingerprint density at radius 2 is 2.21 bits per heavy atom. The van der Waals surface area contributed by atoms with Crippen LogP contribution in [0.15, 0.2) is 22.7 Å². The molecule has 0 spiro atoms. The highest BCUT2D eigenvalue weighted by atomic mass is 79.9. The Hall–Kier alpha value is -0.420. The molecule has 1 aromatic rings. The predicted molar refractivity (Wildman–Crippen MR) is 82.3 cm³/mol. The van der Waals surface area contributed by atoms with E-state index in [4.69, 9.17) is 10.5 Å². The van der Waals surface area contributed by atoms with Gasteiger partial charge in [-0.2, -0.15) is 0 Å². The highest BCUT2D eigenvalue weighted by Crippen LogP contribution is 2.32. The van der Waals surface area contributed by atoms with Crippen molar-refractivity contribution in [2.75, 3.05) is 19.7 Å². The molecule has 1 heterocycles. The van der Waals surface area contributed by atoms with Gasteiger partial charge in [0.05, 0.1) is 18.8 Å². The van der Waals surface area contributed by atoms with Gasteiger partial charge in [0.25, 0.3) is 0 Å². The minimum atomic E-state index is 0.0803. The van der Waals surface area contributed by atoms with Gasteiger partial charge in [-0.15, -0.1) is 0 Å². The first-order chi connectivity index (χ1) is 9.04. The number of aryl methyl sites for hydroxylation is 1. The fourth-order valence-corrected chi connectivity index (χ4v) is 3.03. The van der Waals surface area contributed by atoms with Crippen LogP contribution in [0.1, 0.15) is 31.0 Å². The van der Waals surface area contributed by atoms with Crippen LogP contribution in [0, 0.1) is 6.92 Å². The van der Waals surface area contributed by atoms with Crippen LogP contribution in [-0.2, 0) is 4.74 Å². The van der Waals surface area contributed by atoms with Gasteiger partial charge >= 0.3 is 0 Å². The van der Waals surface area contributed by atoms with Crippen molar-refractivity contribution in [3.05, 3.63) is 33.8 Å². The van der Waals surface area contributed by atoms with E-state index < -0.39 is 0 Å². The monoisotopic (exact) mass is 326 g/mol. The largest absolute Gasteiger partial charge is 0.374 e. The van der Waals surface area contributed by atoms with Gasteiger partial charge < -0.3 is 10.5 Å². The van der Waals surface area contributed by atoms with Crippen molar-refractivity contribution in [2.45, 2.75) is 39.0 Å². The molecular weight excluding hydrogens is 304 g/mol. The molecule has 0 aliphatic carbocycles. The summed E-state index contributed by atoms with van der Waals surface area (Å²) < 4.78 is 7.01. The summed E-state index contributed by atoms with van der Waals surface area (Å²) in [7, 11) is 0. The molecule has 1 saturated heterocycles. The predicted octanol–water partition coefficient (Wildman–Crippen LogP) is 2.87. The van der Waals surface area contributed by atoms with Crippen LogP contribution in [0.2, 0.25) is 0 Å². The van der Waals surface area contributed by atoms with Crippen molar-refractivity contribution >= 4 is 15.9 Å². The molecule has 0 saturated carbocycles. The first kappa shape index (κ1) is 15.0. The Morgan fingerprint density at radius 1 is 1.47 bits per heavy atom. The molecule has 1 aromatic carbocycles. The average Bonchev–Trinajstić information content (AvgIpc) is 2.41. The number of halogens is 1. The Labute approximate surface area is 124 Å². The lowest BCUT2D eigenvalue weighted by Gasteiger charge is -2.43. The average molecular weight is 327 g/mol. The summed E-state index contributed by atoms with van der Waals surface area (Å²) in [4.78, 5) is 2.49. The molecule has 1 fully saturated rings. The summed E-state index contributed by atoms with van der Waals surface area (Å²) in [6.45, 7) is 8.88. The topological polar surface area (TPSA) is 38.5 Å². The van der Waals surface area contributed by atoms with Gasteiger partial charge in [0.15, 0.2) is 0 Å². The first-order valence-electron chi connectivity index (χ1n) is 6.88. The number of hydrogen-bond acceptors (Lipinski definition) is 3. The maximum atomic E-state index is 5.90. The molecule has 0 amide bonds. The number of benzene rings is 1. The van der Waals surface area contributed by atoms with E-state index in [-0.39, 0.29) is 12.1 Å². The molecule has 2 rings (SSSR count). The summed E-state index contributed by atoms with van der Waals surface area (Å²) in [6.07, 6.45) is 0.0803. The molecular formula is C15H23BrN2O. The third kappa shape index (κ3) is 3.19. The summed E-state index contributed by atoms with van der Waals surface area (Å²) in [5, 5.41) is 0. The van der Waals surface area contributed by atoms with Crippen LogP contribution in [0.4, 0.5) is 0 Å². The van der Waals surface area contributed by atoms with Crippen molar-refractivity contribution in [1.82, 2.24) is 4.90 Å². The molecule has 0 bridgehead atoms. The van der Waals surface area contributed by atoms with Gasteiger partial charge in [0, 0.05) is 23.6 Å². The normalized spacial score (nSPS) is 24.9. The van der Waals surface area contributed by atoms with E-state index in [0.29, 0.717) is 12.6 Å². The van der Waals surface area contributed by atoms with Gasteiger partial charge in [-0.05, 0) is 38.0 Å². The number of nitrogens with zero attached hydrogens (tertiary/aromatic N) is 1. The molecule has 2 N–H and O–H groups in total. The smallest absolute Gasteiger partial charge is 0.0894 e. The van der Waals surface area contributed by atoms with Gasteiger partial charge in [-0.3, -0.25) is 4.90 Å². The van der Waals surface area contributed by atoms with Gasteiger partial charge in [-0.25, -0.2) is 0 Å². The van der Waals surface area contributed by atoms with E-state index >= 15 is 0 Å². The zero-order valence-electron chi connectivity index (χ0n) is 11.9. The molecule has 106 valence electrons. The van der Waals surface area contributed by atoms with Crippen molar-refractivity contribution in [1.29, 1.82) is 0 Å². The van der Waals surface area contributed by atoms with E-state index in [9.17, 15) is 0 Å². The molecule has 1 aliphatic heterocycles. The minimum Gasteiger partial charge on any atom is -0.374 e. The molecule has 3 nitrogen and oxygen atoms in total. The number of rotatable bonds is 3. The molecule has 19 heavy (non-hydrogen) atoms. The lowest BCUT2D eigenvalue weighted by molar-refractivity contribution is -0.0789. The SMILES string of the molecule is Cc1cc(C2C(CN)OCCN2C(C)C)ccc1Br. The van der Waals surface area contributed by atoms with E-state index in [0.717, 1.165) is 17.6 Å². The van der Waals surface area contributed by atoms with E-state index in [1.165, 1.54) is 11.1 Å². The Bertz CT molecular complexity index is 436. The maximum absolute atomic E-state index is 5.90. The maximum Gasteiger partial charge on any atom is 0.0894 e. The van der Waals surface area contributed by atoms with Crippen LogP contribution >= 0.6 is 15.9 Å². The lowest BCUT2D eigenvalue weighted by Crippen LogP contribution is -2.50. The zero-order valence-corrected chi connectivity index (χ0v) is 13.5. The van der Waals surface area contributed by atoms with E-state index in [1.807, 2.05) is 0 Å². The van der Waals surface area contributed by atoms with Crippen LogP contribution in [0.5, 0.6) is 0 Å². The van der Waals surface area contributed by atoms with Crippen molar-refractivity contribution in [3.63, 3.8) is 0 Å². The second kappa shape index (κ2) is 6.35. The third-order valence-corrected chi connectivity index (χ3v) is 4.70. The minimum absolute atomic E-state index is 0.0803. The summed E-state index contributed by atoms with van der Waals surface area (Å²) in [6, 6.07) is 7.28. The van der Waals surface area contributed by atoms with Crippen molar-refractivity contribution in [3.8, 4) is 0 Å². The molecule has 2 unspecified atom stereocenters. The standard InChI is InChI=1S/C15H23BrN2O/c1-10(2)18-6-7-19-14(9-17)15(18)12-4-5-13(16)11(3)8-12/h4-5,8,10,14-15H,6-7,9,17H2,1-3H3. The van der Waals surface area contributed by atoms with E-state index in [2.05, 4.69) is 59.8 Å². The van der Waals surface area contributed by atoms with Gasteiger partial charge in [-0.1, -0.05) is 28.1 Å². The third-order valence-electron chi connectivity index (χ3n) is 3.81. The molecule has 0 radical (unpaired) electrons. The van der Waals surface area contributed by atoms with E-state index in [1.54, 1.807) is 0 Å². The fourth-order valence-electron chi connectivity index (χ4n) is 2.79. The summed E-state index contributed by atoms with van der Waals surface area (Å²) >= 11 is 3.56. The molecule has 1 aliphatic rings. The fraction of sp³-hybridized carbons (Fsp3) is 0.600. The number of morpholine rings is 1. The van der Waals surface area contributed by atoms with Crippen molar-refractivity contribution in [2.24, 2.45) is 5.73 Å². The van der Waals surface area contributed by atoms with Crippen LogP contribution in [0.3, 0.4) is 0 Å². The van der Waals surface area contributed by atoms with Crippen LogP contribution in [-0.4, -0.2) is 36.7 Å². The van der Waals surface area contributed by atoms with Gasteiger partial charge in [0.1, 0.15) is 0 Å². The van der Waals surface area contributed by atoms with Crippen LogP contribution < -0.4 is 5.73 Å². The molecule has 0 aromatic heterocycles. The Morgan fingerprint density at radius 3 is 2.79 bits per heavy atom. The number of nitrogens with two attached hydrogens (primary N) is 1. The highest BCUT2D eigenvalue weighted by molar-refractivity contribution is 9.10. The zero-order chi connectivity index (χ0) is 14.0. The summed E-state index contributed by atoms with van der Waals surface area (Å²) in [5.74, 6) is 0. The van der Waals surface area contributed by atoms with Crippen LogP contribution in [0.25, 0.3) is 0 Å². The number of hydrogen-bond donors (Lipinski definition) is 1. The van der Waals surface area contributed by atoms with Gasteiger partial charge in [0.2, 0.25) is 0 Å². The quantitative estimate of drug-likeness (QED) is 0.928. The van der Waals surface area contributed by atoms with Crippen molar-refractivity contribution < 1.29 is 4.74 Å². The molecule has 2 atom stereocenters.